The summed E-state index contributed by atoms with van der Waals surface area (Å²) in [7, 11) is -4.05. The van der Waals surface area contributed by atoms with Gasteiger partial charge in [0.2, 0.25) is 5.91 Å². The molecule has 0 aromatic carbocycles. The van der Waals surface area contributed by atoms with Crippen molar-refractivity contribution in [2.24, 2.45) is 46.3 Å². The Kier molecular flexibility index (Phi) is 7.26. The molecule has 1 amide bonds. The van der Waals surface area contributed by atoms with Crippen LogP contribution in [0.25, 0.3) is 0 Å². The highest BCUT2D eigenvalue weighted by Crippen LogP contribution is 2.68. The second-order valence-corrected chi connectivity index (χ2v) is 14.0. The number of aliphatic hydroxyl groups excluding tert-OH is 1. The summed E-state index contributed by atoms with van der Waals surface area (Å²) >= 11 is 0. The second kappa shape index (κ2) is 9.42. The van der Waals surface area contributed by atoms with E-state index in [1.165, 1.54) is 51.4 Å². The third-order valence-electron chi connectivity index (χ3n) is 10.9. The Hall–Kier alpha value is -0.660. The molecule has 4 saturated carbocycles. The summed E-state index contributed by atoms with van der Waals surface area (Å²) in [6, 6.07) is 0. The summed E-state index contributed by atoms with van der Waals surface area (Å²) < 4.78 is 30.5. The molecule has 33 heavy (non-hydrogen) atoms. The van der Waals surface area contributed by atoms with Crippen molar-refractivity contribution in [1.82, 2.24) is 5.32 Å². The number of aliphatic hydroxyl groups is 1. The molecule has 0 aromatic heterocycles. The second-order valence-electron chi connectivity index (χ2n) is 12.4. The molecule has 9 atom stereocenters. The molecule has 0 aliphatic heterocycles. The molecule has 6 nitrogen and oxygen atoms in total. The summed E-state index contributed by atoms with van der Waals surface area (Å²) in [5.74, 6) is 2.77. The number of carbonyl (C=O) groups is 1. The van der Waals surface area contributed by atoms with Crippen molar-refractivity contribution in [3.8, 4) is 0 Å². The van der Waals surface area contributed by atoms with E-state index in [0.29, 0.717) is 47.3 Å². The first-order chi connectivity index (χ1) is 15.5. The van der Waals surface area contributed by atoms with Gasteiger partial charge in [0.25, 0.3) is 10.1 Å². The van der Waals surface area contributed by atoms with Crippen LogP contribution in [0, 0.1) is 46.3 Å². The van der Waals surface area contributed by atoms with Gasteiger partial charge in [-0.2, -0.15) is 8.42 Å². The predicted molar refractivity (Wildman–Crippen MR) is 129 cm³/mol. The van der Waals surface area contributed by atoms with Gasteiger partial charge in [0, 0.05) is 13.0 Å². The predicted octanol–water partition coefficient (Wildman–Crippen LogP) is 4.43. The van der Waals surface area contributed by atoms with Gasteiger partial charge in [-0.1, -0.05) is 33.6 Å². The first kappa shape index (κ1) is 25.4. The van der Waals surface area contributed by atoms with E-state index < -0.39 is 15.9 Å². The lowest BCUT2D eigenvalue weighted by molar-refractivity contribution is -0.164. The van der Waals surface area contributed by atoms with Crippen LogP contribution in [0.5, 0.6) is 0 Å². The number of carbonyl (C=O) groups excluding carboxylic acids is 1. The molecule has 4 rings (SSSR count). The number of rotatable bonds is 7. The fourth-order valence-corrected chi connectivity index (χ4v) is 9.56. The highest BCUT2D eigenvalue weighted by atomic mass is 32.2. The van der Waals surface area contributed by atoms with Crippen LogP contribution in [-0.2, 0) is 14.9 Å². The fraction of sp³-hybridized carbons (Fsp3) is 0.962. The van der Waals surface area contributed by atoms with Crippen molar-refractivity contribution in [2.45, 2.75) is 97.5 Å². The zero-order valence-electron chi connectivity index (χ0n) is 20.8. The van der Waals surface area contributed by atoms with E-state index in [1.54, 1.807) is 0 Å². The minimum Gasteiger partial charge on any atom is -0.393 e. The van der Waals surface area contributed by atoms with Crippen LogP contribution in [0.2, 0.25) is 0 Å². The summed E-state index contributed by atoms with van der Waals surface area (Å²) in [5, 5.41) is 14.0. The van der Waals surface area contributed by atoms with Gasteiger partial charge in [-0.15, -0.1) is 0 Å². The van der Waals surface area contributed by atoms with Gasteiger partial charge in [0.15, 0.2) is 0 Å². The Morgan fingerprint density at radius 3 is 2.52 bits per heavy atom. The molecule has 190 valence electrons. The molecule has 4 aliphatic rings. The Morgan fingerprint density at radius 2 is 1.79 bits per heavy atom. The Morgan fingerprint density at radius 1 is 1.06 bits per heavy atom. The minimum absolute atomic E-state index is 0.0457. The molecule has 0 spiro atoms. The topological polar surface area (TPSA) is 104 Å². The summed E-state index contributed by atoms with van der Waals surface area (Å²) in [6.07, 6.45) is 12.2. The zero-order chi connectivity index (χ0) is 24.0. The molecule has 0 saturated heterocycles. The van der Waals surface area contributed by atoms with Crippen LogP contribution < -0.4 is 5.32 Å². The van der Waals surface area contributed by atoms with Crippen molar-refractivity contribution in [2.75, 3.05) is 12.3 Å². The van der Waals surface area contributed by atoms with E-state index in [-0.39, 0.29) is 24.0 Å². The van der Waals surface area contributed by atoms with Crippen LogP contribution in [0.4, 0.5) is 0 Å². The zero-order valence-corrected chi connectivity index (χ0v) is 21.6. The molecule has 4 aliphatic carbocycles. The molecule has 0 bridgehead atoms. The molecule has 4 fully saturated rings. The average molecular weight is 484 g/mol. The van der Waals surface area contributed by atoms with Crippen LogP contribution in [-0.4, -0.2) is 42.4 Å². The largest absolute Gasteiger partial charge is 0.393 e. The lowest BCUT2D eigenvalue weighted by atomic mass is 9.44. The lowest BCUT2D eigenvalue weighted by Gasteiger charge is -2.62. The van der Waals surface area contributed by atoms with Crippen molar-refractivity contribution >= 4 is 16.0 Å². The molecule has 3 N–H and O–H groups in total. The van der Waals surface area contributed by atoms with Gasteiger partial charge in [0.05, 0.1) is 11.9 Å². The van der Waals surface area contributed by atoms with Crippen LogP contribution in [0.1, 0.15) is 91.4 Å². The van der Waals surface area contributed by atoms with Gasteiger partial charge in [0.1, 0.15) is 0 Å². The quantitative estimate of drug-likeness (QED) is 0.465. The van der Waals surface area contributed by atoms with Crippen LogP contribution in [0.3, 0.4) is 0 Å². The van der Waals surface area contributed by atoms with E-state index in [9.17, 15) is 18.3 Å². The van der Waals surface area contributed by atoms with Crippen molar-refractivity contribution < 1.29 is 22.9 Å². The van der Waals surface area contributed by atoms with E-state index >= 15 is 0 Å². The van der Waals surface area contributed by atoms with E-state index in [0.717, 1.165) is 12.8 Å². The third kappa shape index (κ3) is 4.88. The van der Waals surface area contributed by atoms with Gasteiger partial charge < -0.3 is 10.4 Å². The molecular formula is C26H45NO5S. The van der Waals surface area contributed by atoms with E-state index in [1.807, 2.05) is 0 Å². The molecule has 2 unspecified atom stereocenters. The highest BCUT2D eigenvalue weighted by molar-refractivity contribution is 7.85. The summed E-state index contributed by atoms with van der Waals surface area (Å²) in [5.41, 5.74) is 0.647. The Labute approximate surface area is 200 Å². The maximum absolute atomic E-state index is 12.2. The van der Waals surface area contributed by atoms with E-state index in [4.69, 9.17) is 4.55 Å². The van der Waals surface area contributed by atoms with Gasteiger partial charge >= 0.3 is 0 Å². The van der Waals surface area contributed by atoms with Crippen molar-refractivity contribution in [3.63, 3.8) is 0 Å². The Bertz CT molecular complexity index is 831. The standard InChI is InChI=1S/C26H45NO5S/c1-17(7-10-23(29)27-14-15-33(30,31)32)19-8-9-20-24-21(11-13-26(19,20)3)25(2)12-5-4-6-18(25)16-22(24)28/h17-22,24,28H,4-16H2,1-3H3,(H,27,29)(H,30,31,32)/t17-,18?,19-,20?,21-,22+,24+,25+,26-/m0/s1. The number of fused-ring (bicyclic) bond motifs is 5. The number of hydrogen-bond donors (Lipinski definition) is 3. The maximum atomic E-state index is 12.2. The SMILES string of the molecule is C[C@@H](CCC(=O)NCCS(=O)(=O)O)[C@@H]1CCC2[C@H]3[C@H](O)CC4CCCC[C@@]4(C)[C@H]3CC[C@]21C. The molecule has 0 aromatic rings. The van der Waals surface area contributed by atoms with Gasteiger partial charge in [-0.3, -0.25) is 9.35 Å². The number of hydrogen-bond acceptors (Lipinski definition) is 4. The minimum atomic E-state index is -4.05. The lowest BCUT2D eigenvalue weighted by Crippen LogP contribution is -2.57. The van der Waals surface area contributed by atoms with E-state index in [2.05, 4.69) is 26.1 Å². The first-order valence-electron chi connectivity index (χ1n) is 13.4. The van der Waals surface area contributed by atoms with Crippen LogP contribution in [0.15, 0.2) is 0 Å². The smallest absolute Gasteiger partial charge is 0.266 e. The molecule has 0 radical (unpaired) electrons. The number of amides is 1. The number of nitrogens with one attached hydrogen (secondary N) is 1. The summed E-state index contributed by atoms with van der Waals surface area (Å²) in [4.78, 5) is 12.2. The average Bonchev–Trinajstić information content (AvgIpc) is 3.08. The summed E-state index contributed by atoms with van der Waals surface area (Å²) in [6.45, 7) is 7.23. The maximum Gasteiger partial charge on any atom is 0.266 e. The van der Waals surface area contributed by atoms with Crippen molar-refractivity contribution in [3.05, 3.63) is 0 Å². The van der Waals surface area contributed by atoms with Gasteiger partial charge in [-0.25, -0.2) is 0 Å². The normalized spacial score (nSPS) is 43.8. The molecule has 0 heterocycles. The van der Waals surface area contributed by atoms with Crippen LogP contribution >= 0.6 is 0 Å². The highest BCUT2D eigenvalue weighted by Gasteiger charge is 2.62. The monoisotopic (exact) mass is 483 g/mol. The molecule has 7 heteroatoms. The fourth-order valence-electron chi connectivity index (χ4n) is 9.20. The first-order valence-corrected chi connectivity index (χ1v) is 15.0. The molecular weight excluding hydrogens is 438 g/mol. The Balaban J connectivity index is 1.38. The van der Waals surface area contributed by atoms with Gasteiger partial charge in [-0.05, 0) is 97.7 Å². The van der Waals surface area contributed by atoms with Crippen molar-refractivity contribution in [1.29, 1.82) is 0 Å². The third-order valence-corrected chi connectivity index (χ3v) is 11.6.